The molecule has 252 valence electrons. The molecule has 4 aromatic rings. The van der Waals surface area contributed by atoms with E-state index < -0.39 is 29.9 Å². The Bertz CT molecular complexity index is 1650. The first-order chi connectivity index (χ1) is 22.9. The third kappa shape index (κ3) is 10.2. The lowest BCUT2D eigenvalue weighted by molar-refractivity contribution is -0.141. The molecule has 0 fully saturated rings. The Morgan fingerprint density at radius 3 is 2.00 bits per heavy atom. The molecule has 3 aromatic carbocycles. The number of carbonyl (C=O) groups is 3. The Kier molecular flexibility index (Phi) is 12.4. The number of ether oxygens (including phenoxy) is 1. The van der Waals surface area contributed by atoms with Gasteiger partial charge in [0.15, 0.2) is 5.82 Å². The van der Waals surface area contributed by atoms with Crippen molar-refractivity contribution in [3.05, 3.63) is 102 Å². The number of amides is 2. The van der Waals surface area contributed by atoms with Crippen LogP contribution in [0.3, 0.4) is 0 Å². The number of hydrogen-bond acceptors (Lipinski definition) is 6. The second-order valence-corrected chi connectivity index (χ2v) is 13.1. The Morgan fingerprint density at radius 1 is 0.792 bits per heavy atom. The van der Waals surface area contributed by atoms with E-state index in [9.17, 15) is 19.5 Å². The van der Waals surface area contributed by atoms with E-state index in [4.69, 9.17) is 4.74 Å². The highest BCUT2D eigenvalue weighted by molar-refractivity contribution is 5.98. The molecule has 0 saturated carbocycles. The fraction of sp³-hybridized carbons (Fsp3) is 0.359. The van der Waals surface area contributed by atoms with Crippen LogP contribution in [0.25, 0.3) is 22.5 Å². The molecular formula is C39H46N4O5. The largest absolute Gasteiger partial charge is 0.494 e. The zero-order chi connectivity index (χ0) is 34.7. The Labute approximate surface area is 283 Å². The number of unbranched alkanes of at least 4 members (excludes halogenated alkanes) is 3. The van der Waals surface area contributed by atoms with E-state index >= 15 is 0 Å². The summed E-state index contributed by atoms with van der Waals surface area (Å²) in [7, 11) is 0. The standard InChI is InChI=1S/C39H46N4O5/c1-6-7-8-9-22-48-33-20-16-28(17-21-33)31-24-40-35(41-25-31)29-12-10-27(11-13-29)23-34(37(45)42-26(2)38(46)47)43-36(44)30-14-18-32(19-15-30)39(3,4)5/h10-21,24-26,34H,6-9,22-23H2,1-5H3,(H,42,45)(H,43,44)(H,46,47)/t26-,34+/m1/s1. The average molecular weight is 651 g/mol. The van der Waals surface area contributed by atoms with Crippen LogP contribution < -0.4 is 15.4 Å². The summed E-state index contributed by atoms with van der Waals surface area (Å²) in [5.41, 5.74) is 4.86. The molecule has 1 heterocycles. The van der Waals surface area contributed by atoms with Gasteiger partial charge in [-0.2, -0.15) is 0 Å². The molecule has 9 heteroatoms. The summed E-state index contributed by atoms with van der Waals surface area (Å²) in [5.74, 6) is -0.777. The molecule has 2 amide bonds. The third-order valence-corrected chi connectivity index (χ3v) is 8.12. The number of nitrogens with zero attached hydrogens (tertiary/aromatic N) is 2. The van der Waals surface area contributed by atoms with E-state index in [0.717, 1.165) is 40.0 Å². The maximum absolute atomic E-state index is 13.2. The molecule has 3 N–H and O–H groups in total. The van der Waals surface area contributed by atoms with Crippen molar-refractivity contribution in [2.75, 3.05) is 6.61 Å². The summed E-state index contributed by atoms with van der Waals surface area (Å²) in [6, 6.07) is 20.5. The van der Waals surface area contributed by atoms with Crippen LogP contribution in [0.1, 0.15) is 81.8 Å². The Morgan fingerprint density at radius 2 is 1.42 bits per heavy atom. The Hall–Kier alpha value is -5.05. The van der Waals surface area contributed by atoms with Crippen molar-refractivity contribution < 1.29 is 24.2 Å². The van der Waals surface area contributed by atoms with Gasteiger partial charge in [-0.1, -0.05) is 95.5 Å². The molecule has 0 aliphatic heterocycles. The lowest BCUT2D eigenvalue weighted by Gasteiger charge is -2.21. The minimum Gasteiger partial charge on any atom is -0.494 e. The smallest absolute Gasteiger partial charge is 0.325 e. The van der Waals surface area contributed by atoms with Gasteiger partial charge in [0.25, 0.3) is 5.91 Å². The van der Waals surface area contributed by atoms with Crippen LogP contribution in [0.15, 0.2) is 85.2 Å². The van der Waals surface area contributed by atoms with Gasteiger partial charge < -0.3 is 20.5 Å². The maximum Gasteiger partial charge on any atom is 0.325 e. The average Bonchev–Trinajstić information content (AvgIpc) is 3.08. The van der Waals surface area contributed by atoms with Gasteiger partial charge in [0.1, 0.15) is 17.8 Å². The van der Waals surface area contributed by atoms with Crippen molar-refractivity contribution in [2.24, 2.45) is 0 Å². The number of hydrogen-bond donors (Lipinski definition) is 3. The summed E-state index contributed by atoms with van der Waals surface area (Å²) < 4.78 is 5.85. The molecule has 0 radical (unpaired) electrons. The summed E-state index contributed by atoms with van der Waals surface area (Å²) >= 11 is 0. The number of benzene rings is 3. The monoisotopic (exact) mass is 650 g/mol. The second kappa shape index (κ2) is 16.7. The maximum atomic E-state index is 13.2. The van der Waals surface area contributed by atoms with Gasteiger partial charge in [-0.3, -0.25) is 14.4 Å². The van der Waals surface area contributed by atoms with Crippen LogP contribution in [-0.4, -0.2) is 51.5 Å². The number of carboxylic acid groups (broad SMARTS) is 1. The molecule has 0 bridgehead atoms. The number of nitrogens with one attached hydrogen (secondary N) is 2. The number of aliphatic carboxylic acids is 1. The van der Waals surface area contributed by atoms with Crippen LogP contribution in [0.4, 0.5) is 0 Å². The molecule has 4 rings (SSSR count). The normalized spacial score (nSPS) is 12.5. The summed E-state index contributed by atoms with van der Waals surface area (Å²) in [6.07, 6.45) is 8.38. The number of carbonyl (C=O) groups excluding carboxylic acids is 2. The lowest BCUT2D eigenvalue weighted by Crippen LogP contribution is -2.51. The first-order valence-electron chi connectivity index (χ1n) is 16.5. The summed E-state index contributed by atoms with van der Waals surface area (Å²) in [4.78, 5) is 46.8. The van der Waals surface area contributed by atoms with E-state index in [1.807, 2.05) is 60.7 Å². The molecule has 0 aliphatic rings. The molecule has 9 nitrogen and oxygen atoms in total. The van der Waals surface area contributed by atoms with Crippen molar-refractivity contribution in [1.82, 2.24) is 20.6 Å². The van der Waals surface area contributed by atoms with Crippen molar-refractivity contribution in [1.29, 1.82) is 0 Å². The highest BCUT2D eigenvalue weighted by atomic mass is 16.5. The molecule has 0 aliphatic carbocycles. The topological polar surface area (TPSA) is 131 Å². The molecule has 0 unspecified atom stereocenters. The van der Waals surface area contributed by atoms with Gasteiger partial charge in [-0.25, -0.2) is 9.97 Å². The first kappa shape index (κ1) is 35.8. The molecule has 0 saturated heterocycles. The van der Waals surface area contributed by atoms with Crippen LogP contribution in [0.2, 0.25) is 0 Å². The fourth-order valence-corrected chi connectivity index (χ4v) is 5.06. The van der Waals surface area contributed by atoms with E-state index in [-0.39, 0.29) is 11.8 Å². The SMILES string of the molecule is CCCCCCOc1ccc(-c2cnc(-c3ccc(C[C@H](NC(=O)c4ccc(C(C)(C)C)cc4)C(=O)N[C@H](C)C(=O)O)cc3)nc2)cc1. The molecule has 1 aromatic heterocycles. The van der Waals surface area contributed by atoms with Gasteiger partial charge in [0, 0.05) is 35.5 Å². The number of carboxylic acids is 1. The zero-order valence-corrected chi connectivity index (χ0v) is 28.5. The van der Waals surface area contributed by atoms with Crippen molar-refractivity contribution >= 4 is 17.8 Å². The third-order valence-electron chi connectivity index (χ3n) is 8.12. The molecular weight excluding hydrogens is 604 g/mol. The number of aromatic nitrogens is 2. The Balaban J connectivity index is 1.42. The highest BCUT2D eigenvalue weighted by Gasteiger charge is 2.25. The summed E-state index contributed by atoms with van der Waals surface area (Å²) in [6.45, 7) is 10.6. The van der Waals surface area contributed by atoms with Crippen LogP contribution in [-0.2, 0) is 21.4 Å². The van der Waals surface area contributed by atoms with Gasteiger partial charge >= 0.3 is 5.97 Å². The highest BCUT2D eigenvalue weighted by Crippen LogP contribution is 2.24. The molecule has 48 heavy (non-hydrogen) atoms. The quantitative estimate of drug-likeness (QED) is 0.118. The fourth-order valence-electron chi connectivity index (χ4n) is 5.06. The van der Waals surface area contributed by atoms with E-state index in [2.05, 4.69) is 48.3 Å². The van der Waals surface area contributed by atoms with Crippen molar-refractivity contribution in [3.8, 4) is 28.3 Å². The van der Waals surface area contributed by atoms with Crippen LogP contribution in [0.5, 0.6) is 5.75 Å². The first-order valence-corrected chi connectivity index (χ1v) is 16.5. The van der Waals surface area contributed by atoms with Crippen LogP contribution in [0, 0.1) is 0 Å². The molecule has 2 atom stereocenters. The molecule has 0 spiro atoms. The van der Waals surface area contributed by atoms with Crippen molar-refractivity contribution in [3.63, 3.8) is 0 Å². The minimum atomic E-state index is -1.17. The number of rotatable bonds is 15. The minimum absolute atomic E-state index is 0.0708. The van der Waals surface area contributed by atoms with E-state index in [1.165, 1.54) is 26.2 Å². The van der Waals surface area contributed by atoms with Gasteiger partial charge in [-0.15, -0.1) is 0 Å². The zero-order valence-electron chi connectivity index (χ0n) is 28.5. The van der Waals surface area contributed by atoms with E-state index in [1.54, 1.807) is 24.5 Å². The van der Waals surface area contributed by atoms with Gasteiger partial charge in [0.05, 0.1) is 6.61 Å². The van der Waals surface area contributed by atoms with Crippen molar-refractivity contribution in [2.45, 2.75) is 84.2 Å². The van der Waals surface area contributed by atoms with Crippen LogP contribution >= 0.6 is 0 Å². The van der Waals surface area contributed by atoms with Gasteiger partial charge in [-0.05, 0) is 59.7 Å². The summed E-state index contributed by atoms with van der Waals surface area (Å²) in [5, 5.41) is 14.6. The van der Waals surface area contributed by atoms with E-state index in [0.29, 0.717) is 18.0 Å². The second-order valence-electron chi connectivity index (χ2n) is 13.1. The predicted molar refractivity (Wildman–Crippen MR) is 188 cm³/mol. The predicted octanol–water partition coefficient (Wildman–Crippen LogP) is 7.00. The van der Waals surface area contributed by atoms with Gasteiger partial charge in [0.2, 0.25) is 5.91 Å². The lowest BCUT2D eigenvalue weighted by atomic mass is 9.86.